The first kappa shape index (κ1) is 14.0. The average Bonchev–Trinajstić information content (AvgIpc) is 2.61. The van der Waals surface area contributed by atoms with Gasteiger partial charge in [-0.1, -0.05) is 43.6 Å². The van der Waals surface area contributed by atoms with Gasteiger partial charge in [-0.15, -0.1) is 0 Å². The van der Waals surface area contributed by atoms with Gasteiger partial charge in [-0.05, 0) is 35.1 Å². The molecule has 0 heterocycles. The molecule has 1 saturated carbocycles. The second kappa shape index (κ2) is 4.05. The molecule has 18 heavy (non-hydrogen) atoms. The molecule has 0 saturated heterocycles. The van der Waals surface area contributed by atoms with Gasteiger partial charge in [0.1, 0.15) is 0 Å². The van der Waals surface area contributed by atoms with Crippen molar-refractivity contribution in [1.82, 2.24) is 4.72 Å². The van der Waals surface area contributed by atoms with Crippen molar-refractivity contribution in [3.63, 3.8) is 0 Å². The van der Waals surface area contributed by atoms with Crippen LogP contribution in [0.2, 0.25) is 0 Å². The van der Waals surface area contributed by atoms with Crippen LogP contribution in [0.5, 0.6) is 0 Å². The molecule has 0 aliphatic heterocycles. The Balaban J connectivity index is 2.22. The third kappa shape index (κ3) is 2.12. The summed E-state index contributed by atoms with van der Waals surface area (Å²) >= 11 is 3.30. The summed E-state index contributed by atoms with van der Waals surface area (Å²) < 4.78 is 28.2. The fourth-order valence-electron chi connectivity index (χ4n) is 2.33. The van der Waals surface area contributed by atoms with Gasteiger partial charge in [-0.3, -0.25) is 0 Å². The van der Waals surface area contributed by atoms with E-state index in [0.29, 0.717) is 4.90 Å². The Bertz CT molecular complexity index is 547. The van der Waals surface area contributed by atoms with Crippen LogP contribution in [0, 0.1) is 10.8 Å². The van der Waals surface area contributed by atoms with E-state index in [1.807, 2.05) is 0 Å². The van der Waals surface area contributed by atoms with E-state index in [0.717, 1.165) is 4.47 Å². The fraction of sp³-hybridized carbons (Fsp3) is 0.538. The molecule has 3 nitrogen and oxygen atoms in total. The van der Waals surface area contributed by atoms with E-state index >= 15 is 0 Å². The normalized spacial score (nSPS) is 21.8. The molecule has 1 aliphatic carbocycles. The van der Waals surface area contributed by atoms with Gasteiger partial charge in [0.25, 0.3) is 0 Å². The molecule has 1 aliphatic rings. The minimum atomic E-state index is -3.43. The van der Waals surface area contributed by atoms with Crippen LogP contribution in [0.1, 0.15) is 27.7 Å². The third-order valence-electron chi connectivity index (χ3n) is 4.42. The van der Waals surface area contributed by atoms with E-state index in [2.05, 4.69) is 48.3 Å². The molecule has 2 rings (SSSR count). The van der Waals surface area contributed by atoms with Crippen molar-refractivity contribution in [3.8, 4) is 0 Å². The Morgan fingerprint density at radius 1 is 1.06 bits per heavy atom. The van der Waals surface area contributed by atoms with Crippen LogP contribution >= 0.6 is 15.9 Å². The van der Waals surface area contributed by atoms with Crippen LogP contribution in [-0.4, -0.2) is 14.5 Å². The van der Waals surface area contributed by atoms with E-state index in [1.165, 1.54) is 0 Å². The van der Waals surface area contributed by atoms with E-state index in [9.17, 15) is 8.42 Å². The molecular formula is C13H18BrNO2S. The largest absolute Gasteiger partial charge is 0.240 e. The van der Waals surface area contributed by atoms with Crippen LogP contribution in [0.15, 0.2) is 33.6 Å². The van der Waals surface area contributed by atoms with Crippen molar-refractivity contribution in [2.45, 2.75) is 38.6 Å². The molecule has 0 amide bonds. The Morgan fingerprint density at radius 3 is 1.89 bits per heavy atom. The van der Waals surface area contributed by atoms with E-state index in [4.69, 9.17) is 0 Å². The van der Waals surface area contributed by atoms with Crippen LogP contribution in [0.3, 0.4) is 0 Å². The summed E-state index contributed by atoms with van der Waals surface area (Å²) in [5.41, 5.74) is -0.00906. The maximum Gasteiger partial charge on any atom is 0.240 e. The van der Waals surface area contributed by atoms with E-state index in [-0.39, 0.29) is 16.9 Å². The van der Waals surface area contributed by atoms with Gasteiger partial charge in [0.2, 0.25) is 10.0 Å². The molecule has 0 unspecified atom stereocenters. The topological polar surface area (TPSA) is 46.2 Å². The van der Waals surface area contributed by atoms with Crippen molar-refractivity contribution >= 4 is 26.0 Å². The molecule has 1 N–H and O–H groups in total. The first-order valence-corrected chi connectivity index (χ1v) is 8.14. The predicted molar refractivity (Wildman–Crippen MR) is 75.8 cm³/mol. The fourth-order valence-corrected chi connectivity index (χ4v) is 4.12. The van der Waals surface area contributed by atoms with Gasteiger partial charge in [0.15, 0.2) is 0 Å². The second-order valence-electron chi connectivity index (χ2n) is 5.95. The van der Waals surface area contributed by atoms with Gasteiger partial charge in [-0.25, -0.2) is 13.1 Å². The summed E-state index contributed by atoms with van der Waals surface area (Å²) in [7, 11) is -3.43. The number of halogens is 1. The molecule has 0 bridgehead atoms. The first-order chi connectivity index (χ1) is 8.09. The minimum Gasteiger partial charge on any atom is -0.207 e. The molecule has 1 aromatic carbocycles. The van der Waals surface area contributed by atoms with Gasteiger partial charge in [0, 0.05) is 10.5 Å². The zero-order valence-corrected chi connectivity index (χ0v) is 13.4. The molecule has 1 aromatic rings. The highest BCUT2D eigenvalue weighted by molar-refractivity contribution is 9.10. The summed E-state index contributed by atoms with van der Waals surface area (Å²) in [6, 6.07) is 6.66. The SMILES string of the molecule is CC1(C)C(NS(=O)(=O)c2ccc(Br)cc2)C1(C)C. The van der Waals surface area contributed by atoms with Crippen molar-refractivity contribution in [1.29, 1.82) is 0 Å². The zero-order chi connectivity index (χ0) is 13.8. The highest BCUT2D eigenvalue weighted by Crippen LogP contribution is 2.62. The lowest BCUT2D eigenvalue weighted by atomic mass is 10.0. The van der Waals surface area contributed by atoms with Crippen molar-refractivity contribution in [3.05, 3.63) is 28.7 Å². The highest BCUT2D eigenvalue weighted by atomic mass is 79.9. The van der Waals surface area contributed by atoms with Gasteiger partial charge >= 0.3 is 0 Å². The lowest BCUT2D eigenvalue weighted by Crippen LogP contribution is -2.29. The Hall–Kier alpha value is -0.390. The smallest absolute Gasteiger partial charge is 0.207 e. The minimum absolute atomic E-state index is 0.00453. The summed E-state index contributed by atoms with van der Waals surface area (Å²) in [5, 5.41) is 0. The number of hydrogen-bond donors (Lipinski definition) is 1. The van der Waals surface area contributed by atoms with Gasteiger partial charge in [-0.2, -0.15) is 0 Å². The molecule has 100 valence electrons. The first-order valence-electron chi connectivity index (χ1n) is 5.87. The average molecular weight is 332 g/mol. The van der Waals surface area contributed by atoms with E-state index in [1.54, 1.807) is 24.3 Å². The van der Waals surface area contributed by atoms with E-state index < -0.39 is 10.0 Å². The number of sulfonamides is 1. The summed E-state index contributed by atoms with van der Waals surface area (Å²) in [5.74, 6) is 0. The van der Waals surface area contributed by atoms with Crippen LogP contribution in [0.4, 0.5) is 0 Å². The standard InChI is InChI=1S/C13H18BrNO2S/c1-12(2)11(13(12,3)4)15-18(16,17)10-7-5-9(14)6-8-10/h5-8,11,15H,1-4H3. The third-order valence-corrected chi connectivity index (χ3v) is 6.39. The lowest BCUT2D eigenvalue weighted by Gasteiger charge is -2.08. The molecule has 0 radical (unpaired) electrons. The molecule has 5 heteroatoms. The zero-order valence-electron chi connectivity index (χ0n) is 11.0. The van der Waals surface area contributed by atoms with Crippen molar-refractivity contribution < 1.29 is 8.42 Å². The molecule has 0 aromatic heterocycles. The molecule has 1 fully saturated rings. The summed E-state index contributed by atoms with van der Waals surface area (Å²) in [4.78, 5) is 0.309. The van der Waals surface area contributed by atoms with Crippen molar-refractivity contribution in [2.75, 3.05) is 0 Å². The van der Waals surface area contributed by atoms with Gasteiger partial charge < -0.3 is 0 Å². The maximum atomic E-state index is 12.2. The lowest BCUT2D eigenvalue weighted by molar-refractivity contribution is 0.457. The predicted octanol–water partition coefficient (Wildman–Crippen LogP) is 3.16. The summed E-state index contributed by atoms with van der Waals surface area (Å²) in [6.45, 7) is 8.34. The second-order valence-corrected chi connectivity index (χ2v) is 8.58. The van der Waals surface area contributed by atoms with Crippen LogP contribution < -0.4 is 4.72 Å². The quantitative estimate of drug-likeness (QED) is 0.924. The number of rotatable bonds is 3. The highest BCUT2D eigenvalue weighted by Gasteiger charge is 2.65. The number of hydrogen-bond acceptors (Lipinski definition) is 2. The van der Waals surface area contributed by atoms with Crippen LogP contribution in [0.25, 0.3) is 0 Å². The van der Waals surface area contributed by atoms with Crippen molar-refractivity contribution in [2.24, 2.45) is 10.8 Å². The van der Waals surface area contributed by atoms with Crippen LogP contribution in [-0.2, 0) is 10.0 Å². The number of nitrogens with one attached hydrogen (secondary N) is 1. The van der Waals surface area contributed by atoms with Gasteiger partial charge in [0.05, 0.1) is 4.90 Å². The summed E-state index contributed by atoms with van der Waals surface area (Å²) in [6.07, 6.45) is 0. The Kier molecular flexibility index (Phi) is 3.16. The number of benzene rings is 1. The Labute approximate surface area is 117 Å². The molecule has 0 spiro atoms. The Morgan fingerprint density at radius 2 is 1.50 bits per heavy atom. The molecule has 0 atom stereocenters. The monoisotopic (exact) mass is 331 g/mol. The molecular weight excluding hydrogens is 314 g/mol. The maximum absolute atomic E-state index is 12.2.